The maximum atomic E-state index is 6.99. The lowest BCUT2D eigenvalue weighted by atomic mass is 9.82. The molecule has 2 unspecified atom stereocenters. The molecule has 0 radical (unpaired) electrons. The first-order valence-electron chi connectivity index (χ1n) is 15.6. The van der Waals surface area contributed by atoms with Gasteiger partial charge in [-0.05, 0) is 62.5 Å². The molecule has 0 saturated carbocycles. The summed E-state index contributed by atoms with van der Waals surface area (Å²) in [5.74, 6) is 0.0358. The molecule has 0 aliphatic rings. The molecule has 0 aliphatic carbocycles. The van der Waals surface area contributed by atoms with Gasteiger partial charge in [0.1, 0.15) is 0 Å². The fourth-order valence-corrected chi connectivity index (χ4v) is 6.79. The van der Waals surface area contributed by atoms with E-state index in [2.05, 4.69) is 156 Å². The van der Waals surface area contributed by atoms with Gasteiger partial charge in [0.2, 0.25) is 0 Å². The maximum Gasteiger partial charge on any atom is 0.0547 e. The Balaban J connectivity index is 0.00000153. The average molecular weight is 569 g/mol. The van der Waals surface area contributed by atoms with Crippen molar-refractivity contribution < 1.29 is 0 Å². The summed E-state index contributed by atoms with van der Waals surface area (Å²) in [5, 5.41) is 7.68. The molecule has 8 aromatic rings. The highest BCUT2D eigenvalue weighted by molar-refractivity contribution is 6.28. The van der Waals surface area contributed by atoms with Gasteiger partial charge in [0, 0.05) is 28.4 Å². The van der Waals surface area contributed by atoms with Crippen LogP contribution in [0.5, 0.6) is 0 Å². The third-order valence-electron chi connectivity index (χ3n) is 8.76. The van der Waals surface area contributed by atoms with Crippen LogP contribution >= 0.6 is 0 Å². The molecule has 0 aliphatic heterocycles. The normalized spacial score (nSPS) is 12.7. The van der Waals surface area contributed by atoms with Crippen molar-refractivity contribution in [2.45, 2.75) is 25.8 Å². The Morgan fingerprint density at radius 3 is 1.39 bits per heavy atom. The molecule has 2 heteroatoms. The van der Waals surface area contributed by atoms with Gasteiger partial charge in [-0.1, -0.05) is 147 Å². The molecule has 214 valence electrons. The first kappa shape index (κ1) is 27.6. The average Bonchev–Trinajstić information content (AvgIpc) is 3.46. The Labute approximate surface area is 259 Å². The number of hydrogen-bond acceptors (Lipinski definition) is 1. The van der Waals surface area contributed by atoms with Gasteiger partial charge in [0.25, 0.3) is 0 Å². The van der Waals surface area contributed by atoms with E-state index in [-0.39, 0.29) is 12.0 Å². The maximum absolute atomic E-state index is 6.99. The van der Waals surface area contributed by atoms with Crippen molar-refractivity contribution in [3.8, 4) is 5.69 Å². The SMILES string of the molecule is CC.NC(c1ccccc1)C(c1ccccc1)c1ccc(-n2c3ccc4ccccc4c3c3c4ccccc4ccc32)cc1. The Hall–Kier alpha value is -5.18. The molecule has 1 aromatic heterocycles. The number of fused-ring (bicyclic) bond motifs is 7. The molecule has 7 aromatic carbocycles. The molecule has 0 saturated heterocycles. The molecule has 2 nitrogen and oxygen atoms in total. The highest BCUT2D eigenvalue weighted by Gasteiger charge is 2.24. The fraction of sp³-hybridized carbons (Fsp3) is 0.0952. The van der Waals surface area contributed by atoms with Crippen LogP contribution in [0.2, 0.25) is 0 Å². The zero-order valence-corrected chi connectivity index (χ0v) is 25.2. The Kier molecular flexibility index (Phi) is 7.43. The van der Waals surface area contributed by atoms with Gasteiger partial charge >= 0.3 is 0 Å². The van der Waals surface area contributed by atoms with Crippen molar-refractivity contribution in [2.24, 2.45) is 5.73 Å². The van der Waals surface area contributed by atoms with Crippen molar-refractivity contribution in [1.29, 1.82) is 0 Å². The van der Waals surface area contributed by atoms with Crippen LogP contribution in [0, 0.1) is 0 Å². The molecule has 1 heterocycles. The molecule has 0 bridgehead atoms. The van der Waals surface area contributed by atoms with Crippen LogP contribution in [0.1, 0.15) is 42.5 Å². The zero-order valence-electron chi connectivity index (χ0n) is 25.2. The van der Waals surface area contributed by atoms with Crippen molar-refractivity contribution in [3.05, 3.63) is 174 Å². The van der Waals surface area contributed by atoms with E-state index >= 15 is 0 Å². The summed E-state index contributed by atoms with van der Waals surface area (Å²) in [6.45, 7) is 4.00. The minimum absolute atomic E-state index is 0.0358. The van der Waals surface area contributed by atoms with Crippen LogP contribution in [0.15, 0.2) is 158 Å². The predicted molar refractivity (Wildman–Crippen MR) is 189 cm³/mol. The second-order valence-corrected chi connectivity index (χ2v) is 11.1. The van der Waals surface area contributed by atoms with Gasteiger partial charge in [-0.3, -0.25) is 0 Å². The third kappa shape index (κ3) is 4.65. The number of benzene rings is 7. The van der Waals surface area contributed by atoms with Gasteiger partial charge in [-0.15, -0.1) is 0 Å². The molecule has 0 amide bonds. The lowest BCUT2D eigenvalue weighted by Gasteiger charge is -2.26. The van der Waals surface area contributed by atoms with Crippen LogP contribution in [0.3, 0.4) is 0 Å². The van der Waals surface area contributed by atoms with Gasteiger partial charge in [-0.25, -0.2) is 0 Å². The molecular weight excluding hydrogens is 532 g/mol. The van der Waals surface area contributed by atoms with E-state index in [1.54, 1.807) is 0 Å². The molecular formula is C42H36N2. The molecule has 0 fully saturated rings. The summed E-state index contributed by atoms with van der Waals surface area (Å²) in [7, 11) is 0. The quantitative estimate of drug-likeness (QED) is 0.220. The molecule has 0 spiro atoms. The number of nitrogens with two attached hydrogens (primary N) is 1. The van der Waals surface area contributed by atoms with Gasteiger partial charge < -0.3 is 10.3 Å². The van der Waals surface area contributed by atoms with E-state index in [0.29, 0.717) is 0 Å². The first-order valence-corrected chi connectivity index (χ1v) is 15.6. The Bertz CT molecular complexity index is 2100. The van der Waals surface area contributed by atoms with Gasteiger partial charge in [-0.2, -0.15) is 0 Å². The van der Waals surface area contributed by atoms with E-state index in [1.807, 2.05) is 19.9 Å². The standard InChI is InChI=1S/C40H30N2.C2H6/c41-40(31-15-5-2-6-16-31)37(29-13-3-1-4-14-29)30-19-23-32(24-20-30)42-35-25-21-27-11-7-9-17-33(27)38(35)39-34-18-10-8-12-28(34)22-26-36(39)42;1-2/h1-26,37,40H,41H2;1-2H3. The van der Waals surface area contributed by atoms with Crippen LogP contribution < -0.4 is 5.73 Å². The second kappa shape index (κ2) is 11.8. The van der Waals surface area contributed by atoms with E-state index < -0.39 is 0 Å². The number of rotatable bonds is 5. The Morgan fingerprint density at radius 2 is 0.864 bits per heavy atom. The summed E-state index contributed by atoms with van der Waals surface area (Å²) < 4.78 is 2.42. The lowest BCUT2D eigenvalue weighted by Crippen LogP contribution is -2.21. The van der Waals surface area contributed by atoms with Crippen molar-refractivity contribution in [2.75, 3.05) is 0 Å². The summed E-state index contributed by atoms with van der Waals surface area (Å²) in [5.41, 5.74) is 14.1. The summed E-state index contributed by atoms with van der Waals surface area (Å²) in [4.78, 5) is 0. The van der Waals surface area contributed by atoms with Crippen LogP contribution in [-0.4, -0.2) is 4.57 Å². The van der Waals surface area contributed by atoms with Crippen LogP contribution in [-0.2, 0) is 0 Å². The van der Waals surface area contributed by atoms with Crippen molar-refractivity contribution in [1.82, 2.24) is 4.57 Å². The van der Waals surface area contributed by atoms with Gasteiger partial charge in [0.05, 0.1) is 11.0 Å². The number of hydrogen-bond donors (Lipinski definition) is 1. The highest BCUT2D eigenvalue weighted by Crippen LogP contribution is 2.41. The minimum atomic E-state index is -0.162. The molecule has 2 N–H and O–H groups in total. The van der Waals surface area contributed by atoms with Gasteiger partial charge in [0.15, 0.2) is 0 Å². The first-order chi connectivity index (χ1) is 21.8. The van der Waals surface area contributed by atoms with Crippen LogP contribution in [0.4, 0.5) is 0 Å². The molecule has 2 atom stereocenters. The lowest BCUT2D eigenvalue weighted by molar-refractivity contribution is 0.629. The van der Waals surface area contributed by atoms with Crippen molar-refractivity contribution >= 4 is 43.4 Å². The Morgan fingerprint density at radius 1 is 0.432 bits per heavy atom. The summed E-state index contributed by atoms with van der Waals surface area (Å²) in [6, 6.07) is 56.4. The number of aromatic nitrogens is 1. The largest absolute Gasteiger partial charge is 0.323 e. The molecule has 8 rings (SSSR count). The van der Waals surface area contributed by atoms with E-state index in [9.17, 15) is 0 Å². The van der Waals surface area contributed by atoms with Crippen molar-refractivity contribution in [3.63, 3.8) is 0 Å². The summed E-state index contributed by atoms with van der Waals surface area (Å²) in [6.07, 6.45) is 0. The third-order valence-corrected chi connectivity index (χ3v) is 8.76. The fourth-order valence-electron chi connectivity index (χ4n) is 6.79. The number of nitrogens with zero attached hydrogens (tertiary/aromatic N) is 1. The zero-order chi connectivity index (χ0) is 30.0. The second-order valence-electron chi connectivity index (χ2n) is 11.1. The monoisotopic (exact) mass is 568 g/mol. The highest BCUT2D eigenvalue weighted by atomic mass is 15.0. The van der Waals surface area contributed by atoms with E-state index in [1.165, 1.54) is 54.5 Å². The minimum Gasteiger partial charge on any atom is -0.323 e. The van der Waals surface area contributed by atoms with Crippen LogP contribution in [0.25, 0.3) is 49.0 Å². The van der Waals surface area contributed by atoms with E-state index in [0.717, 1.165) is 11.3 Å². The smallest absolute Gasteiger partial charge is 0.0547 e. The molecule has 44 heavy (non-hydrogen) atoms. The topological polar surface area (TPSA) is 30.9 Å². The van der Waals surface area contributed by atoms with E-state index in [4.69, 9.17) is 5.73 Å². The summed E-state index contributed by atoms with van der Waals surface area (Å²) >= 11 is 0. The predicted octanol–water partition coefficient (Wildman–Crippen LogP) is 10.9.